The van der Waals surface area contributed by atoms with Gasteiger partial charge in [-0.2, -0.15) is 0 Å². The Morgan fingerprint density at radius 3 is 2.17 bits per heavy atom. The van der Waals surface area contributed by atoms with Gasteiger partial charge >= 0.3 is 0 Å². The molecule has 24 heavy (non-hydrogen) atoms. The van der Waals surface area contributed by atoms with Crippen molar-refractivity contribution in [3.63, 3.8) is 0 Å². The van der Waals surface area contributed by atoms with Crippen molar-refractivity contribution in [3.8, 4) is 0 Å². The lowest BCUT2D eigenvalue weighted by molar-refractivity contribution is 0.574. The fraction of sp³-hybridized carbons (Fsp3) is 0.200. The van der Waals surface area contributed by atoms with Crippen molar-refractivity contribution in [1.82, 2.24) is 5.32 Å². The number of hydrogen-bond donors (Lipinski definition) is 1. The molecule has 0 aromatic heterocycles. The van der Waals surface area contributed by atoms with Crippen LogP contribution >= 0.6 is 11.6 Å². The van der Waals surface area contributed by atoms with E-state index in [9.17, 15) is 8.78 Å². The highest BCUT2D eigenvalue weighted by Gasteiger charge is 2.27. The van der Waals surface area contributed by atoms with E-state index in [4.69, 9.17) is 11.6 Å². The third-order valence-electron chi connectivity index (χ3n) is 3.68. The highest BCUT2D eigenvalue weighted by Crippen LogP contribution is 2.37. The van der Waals surface area contributed by atoms with Crippen LogP contribution < -0.4 is 5.32 Å². The Bertz CT molecular complexity index is 733. The quantitative estimate of drug-likeness (QED) is 0.659. The summed E-state index contributed by atoms with van der Waals surface area (Å²) in [5.74, 6) is -1.23. The van der Waals surface area contributed by atoms with Crippen molar-refractivity contribution >= 4 is 22.9 Å². The van der Waals surface area contributed by atoms with Gasteiger partial charge in [-0.3, -0.25) is 0 Å². The zero-order chi connectivity index (χ0) is 17.7. The Labute approximate surface area is 146 Å². The molecule has 126 valence electrons. The average Bonchev–Trinajstić information content (AvgIpc) is 2.60. The highest BCUT2D eigenvalue weighted by atomic mass is 35.5. The molecular formula is C20H20ClF2N. The number of rotatable bonds is 2. The lowest BCUT2D eigenvalue weighted by Crippen LogP contribution is -2.26. The smallest absolute Gasteiger partial charge is 0.135 e. The van der Waals surface area contributed by atoms with Crippen LogP contribution in [0.2, 0.25) is 0 Å². The van der Waals surface area contributed by atoms with Gasteiger partial charge in [-0.25, -0.2) is 8.78 Å². The van der Waals surface area contributed by atoms with Crippen LogP contribution in [0.5, 0.6) is 0 Å². The van der Waals surface area contributed by atoms with Crippen LogP contribution in [0.3, 0.4) is 0 Å². The Morgan fingerprint density at radius 2 is 1.58 bits per heavy atom. The highest BCUT2D eigenvalue weighted by molar-refractivity contribution is 6.23. The molecule has 3 rings (SSSR count). The molecular weight excluding hydrogens is 328 g/mol. The van der Waals surface area contributed by atoms with E-state index in [1.54, 1.807) is 0 Å². The summed E-state index contributed by atoms with van der Waals surface area (Å²) in [7, 11) is 0. The average molecular weight is 348 g/mol. The van der Waals surface area contributed by atoms with Crippen molar-refractivity contribution in [2.24, 2.45) is 0 Å². The summed E-state index contributed by atoms with van der Waals surface area (Å²) < 4.78 is 28.3. The molecule has 1 N–H and O–H groups in total. The Hall–Kier alpha value is -2.13. The number of allylic oxidation sites excluding steroid dienone is 2. The van der Waals surface area contributed by atoms with E-state index in [-0.39, 0.29) is 10.9 Å². The second-order valence-corrected chi connectivity index (χ2v) is 5.66. The molecule has 0 radical (unpaired) electrons. The monoisotopic (exact) mass is 347 g/mol. The normalized spacial score (nSPS) is 17.0. The molecule has 0 fully saturated rings. The van der Waals surface area contributed by atoms with E-state index in [1.165, 1.54) is 18.2 Å². The largest absolute Gasteiger partial charge is 0.357 e. The van der Waals surface area contributed by atoms with Crippen LogP contribution in [0.15, 0.2) is 60.8 Å². The van der Waals surface area contributed by atoms with Gasteiger partial charge in [-0.1, -0.05) is 56.8 Å². The maximum Gasteiger partial charge on any atom is 0.135 e. The van der Waals surface area contributed by atoms with Gasteiger partial charge < -0.3 is 5.32 Å². The first kappa shape index (κ1) is 18.2. The molecule has 0 bridgehead atoms. The van der Waals surface area contributed by atoms with Crippen molar-refractivity contribution in [2.75, 3.05) is 0 Å². The second kappa shape index (κ2) is 8.11. The lowest BCUT2D eigenvalue weighted by Gasteiger charge is -2.28. The van der Waals surface area contributed by atoms with Crippen LogP contribution in [0.25, 0.3) is 11.3 Å². The summed E-state index contributed by atoms with van der Waals surface area (Å²) in [4.78, 5) is 0. The van der Waals surface area contributed by atoms with E-state index >= 15 is 0 Å². The molecule has 1 aliphatic rings. The van der Waals surface area contributed by atoms with E-state index < -0.39 is 11.6 Å². The van der Waals surface area contributed by atoms with Gasteiger partial charge in [-0.15, -0.1) is 11.6 Å². The van der Waals surface area contributed by atoms with E-state index in [2.05, 4.69) is 11.9 Å². The zero-order valence-corrected chi connectivity index (χ0v) is 14.5. The molecule has 1 atom stereocenters. The third kappa shape index (κ3) is 3.68. The first-order valence-corrected chi connectivity index (χ1v) is 8.34. The molecule has 1 nitrogen and oxygen atoms in total. The minimum Gasteiger partial charge on any atom is -0.357 e. The topological polar surface area (TPSA) is 12.0 Å². The Morgan fingerprint density at radius 1 is 1.00 bits per heavy atom. The Balaban J connectivity index is 0.00000100. The van der Waals surface area contributed by atoms with Gasteiger partial charge in [0.25, 0.3) is 0 Å². The standard InChI is InChI=1S/C18H14ClF2N.C2H6/c1-11-14(19)10-13(12-6-3-2-4-7-12)18(22-11)17-15(20)8-5-9-16(17)21;1-2/h2-9,14,22H,1,10H2;1-2H3. The van der Waals surface area contributed by atoms with Gasteiger partial charge in [0, 0.05) is 5.70 Å². The van der Waals surface area contributed by atoms with Crippen LogP contribution in [0.4, 0.5) is 8.78 Å². The second-order valence-electron chi connectivity index (χ2n) is 5.14. The third-order valence-corrected chi connectivity index (χ3v) is 4.10. The van der Waals surface area contributed by atoms with Crippen molar-refractivity contribution in [3.05, 3.63) is 83.6 Å². The molecule has 0 saturated carbocycles. The molecule has 0 aliphatic carbocycles. The van der Waals surface area contributed by atoms with E-state index in [0.717, 1.165) is 11.1 Å². The molecule has 1 heterocycles. The van der Waals surface area contributed by atoms with Crippen LogP contribution in [-0.4, -0.2) is 5.38 Å². The maximum absolute atomic E-state index is 14.2. The summed E-state index contributed by atoms with van der Waals surface area (Å²) in [6, 6.07) is 13.3. The minimum absolute atomic E-state index is 0.0777. The van der Waals surface area contributed by atoms with Gasteiger partial charge in [-0.05, 0) is 29.7 Å². The lowest BCUT2D eigenvalue weighted by atomic mass is 9.91. The van der Waals surface area contributed by atoms with Crippen LogP contribution in [-0.2, 0) is 0 Å². The predicted octanol–water partition coefficient (Wildman–Crippen LogP) is 5.97. The van der Waals surface area contributed by atoms with Crippen molar-refractivity contribution < 1.29 is 8.78 Å². The summed E-state index contributed by atoms with van der Waals surface area (Å²) in [6.45, 7) is 7.84. The number of nitrogens with one attached hydrogen (secondary N) is 1. The predicted molar refractivity (Wildman–Crippen MR) is 97.5 cm³/mol. The fourth-order valence-corrected chi connectivity index (χ4v) is 2.78. The first-order chi connectivity index (χ1) is 11.6. The molecule has 0 saturated heterocycles. The first-order valence-electron chi connectivity index (χ1n) is 7.90. The van der Waals surface area contributed by atoms with Gasteiger partial charge in [0.15, 0.2) is 0 Å². The maximum atomic E-state index is 14.2. The summed E-state index contributed by atoms with van der Waals surface area (Å²) in [6.07, 6.45) is 0.459. The van der Waals surface area contributed by atoms with Gasteiger partial charge in [0.1, 0.15) is 11.6 Å². The van der Waals surface area contributed by atoms with Crippen LogP contribution in [0, 0.1) is 11.6 Å². The molecule has 1 unspecified atom stereocenters. The fourth-order valence-electron chi connectivity index (χ4n) is 2.57. The Kier molecular flexibility index (Phi) is 6.16. The number of alkyl halides is 1. The minimum atomic E-state index is -0.614. The molecule has 0 spiro atoms. The van der Waals surface area contributed by atoms with Gasteiger partial charge in [0.2, 0.25) is 0 Å². The van der Waals surface area contributed by atoms with E-state index in [0.29, 0.717) is 17.8 Å². The summed E-state index contributed by atoms with van der Waals surface area (Å²) >= 11 is 6.26. The van der Waals surface area contributed by atoms with Crippen LogP contribution in [0.1, 0.15) is 31.4 Å². The number of benzene rings is 2. The molecule has 2 aromatic rings. The molecule has 0 amide bonds. The SMILES string of the molecule is C=C1NC(c2c(F)cccc2F)=C(c2ccccc2)CC1Cl.CC. The van der Waals surface area contributed by atoms with Gasteiger partial charge in [0.05, 0.1) is 16.6 Å². The number of halogens is 3. The van der Waals surface area contributed by atoms with Crippen molar-refractivity contribution in [2.45, 2.75) is 25.6 Å². The zero-order valence-electron chi connectivity index (χ0n) is 13.7. The number of hydrogen-bond acceptors (Lipinski definition) is 1. The molecule has 1 aliphatic heterocycles. The summed E-state index contributed by atoms with van der Waals surface area (Å²) in [5, 5.41) is 2.66. The molecule has 4 heteroatoms. The van der Waals surface area contributed by atoms with E-state index in [1.807, 2.05) is 44.2 Å². The molecule has 2 aromatic carbocycles. The van der Waals surface area contributed by atoms with Crippen molar-refractivity contribution in [1.29, 1.82) is 0 Å². The summed E-state index contributed by atoms with van der Waals surface area (Å²) in [5.41, 5.74) is 2.51.